The van der Waals surface area contributed by atoms with Gasteiger partial charge in [0.05, 0.1) is 5.56 Å². The Labute approximate surface area is 123 Å². The summed E-state index contributed by atoms with van der Waals surface area (Å²) < 4.78 is 0. The first-order chi connectivity index (χ1) is 9.04. The van der Waals surface area contributed by atoms with E-state index in [2.05, 4.69) is 10.6 Å². The predicted molar refractivity (Wildman–Crippen MR) is 81.8 cm³/mol. The van der Waals surface area contributed by atoms with E-state index in [4.69, 9.17) is 0 Å². The maximum absolute atomic E-state index is 12.0. The van der Waals surface area contributed by atoms with Crippen LogP contribution in [0, 0.1) is 19.3 Å². The van der Waals surface area contributed by atoms with Crippen LogP contribution in [0.5, 0.6) is 0 Å². The quantitative estimate of drug-likeness (QED) is 0.797. The molecule has 0 bridgehead atoms. The summed E-state index contributed by atoms with van der Waals surface area (Å²) in [7, 11) is 0. The minimum atomic E-state index is -1.02. The molecule has 1 heterocycles. The molecule has 1 aromatic heterocycles. The lowest BCUT2D eigenvalue weighted by Gasteiger charge is -2.28. The van der Waals surface area contributed by atoms with Crippen molar-refractivity contribution in [3.63, 3.8) is 0 Å². The van der Waals surface area contributed by atoms with Gasteiger partial charge in [-0.25, -0.2) is 9.59 Å². The normalized spacial score (nSPS) is 12.9. The molecular formula is C14H22N2O3S. The van der Waals surface area contributed by atoms with Crippen LogP contribution in [0.1, 0.15) is 48.5 Å². The Hall–Kier alpha value is -1.56. The second kappa shape index (κ2) is 5.83. The number of amides is 2. The van der Waals surface area contributed by atoms with Gasteiger partial charge in [-0.05, 0) is 31.7 Å². The van der Waals surface area contributed by atoms with Gasteiger partial charge in [0.15, 0.2) is 0 Å². The Bertz CT molecular complexity index is 529. The standard InChI is InChI=1S/C14H22N2O3S/c1-7-8(2)20-11(10(7)12(17)18)16-13(19)15-9(3)14(4,5)6/h9H,1-6H3,(H,17,18)(H2,15,16,19). The largest absolute Gasteiger partial charge is 0.478 e. The molecule has 6 heteroatoms. The van der Waals surface area contributed by atoms with Gasteiger partial charge < -0.3 is 10.4 Å². The number of aryl methyl sites for hydroxylation is 1. The van der Waals surface area contributed by atoms with Gasteiger partial charge in [0, 0.05) is 10.9 Å². The highest BCUT2D eigenvalue weighted by molar-refractivity contribution is 7.16. The lowest BCUT2D eigenvalue weighted by atomic mass is 9.88. The number of urea groups is 1. The van der Waals surface area contributed by atoms with Crippen LogP contribution in [-0.2, 0) is 0 Å². The van der Waals surface area contributed by atoms with Crippen LogP contribution in [-0.4, -0.2) is 23.1 Å². The number of carboxylic acid groups (broad SMARTS) is 1. The van der Waals surface area contributed by atoms with Gasteiger partial charge in [-0.2, -0.15) is 0 Å². The Morgan fingerprint density at radius 1 is 1.25 bits per heavy atom. The average Bonchev–Trinajstić information content (AvgIpc) is 2.52. The summed E-state index contributed by atoms with van der Waals surface area (Å²) in [5, 5.41) is 15.1. The van der Waals surface area contributed by atoms with Crippen LogP contribution in [0.15, 0.2) is 0 Å². The summed E-state index contributed by atoms with van der Waals surface area (Å²) in [6.07, 6.45) is 0. The molecule has 0 fully saturated rings. The van der Waals surface area contributed by atoms with Gasteiger partial charge in [-0.3, -0.25) is 5.32 Å². The average molecular weight is 298 g/mol. The van der Waals surface area contributed by atoms with Crippen molar-refractivity contribution >= 4 is 28.3 Å². The first kappa shape index (κ1) is 16.5. The zero-order valence-corrected chi connectivity index (χ0v) is 13.6. The highest BCUT2D eigenvalue weighted by Gasteiger charge is 2.24. The summed E-state index contributed by atoms with van der Waals surface area (Å²) in [4.78, 5) is 24.1. The van der Waals surface area contributed by atoms with Crippen LogP contribution in [0.3, 0.4) is 0 Å². The highest BCUT2D eigenvalue weighted by atomic mass is 32.1. The number of thiophene rings is 1. The fourth-order valence-electron chi connectivity index (χ4n) is 1.52. The van der Waals surface area contributed by atoms with Gasteiger partial charge in [0.1, 0.15) is 5.00 Å². The van der Waals surface area contributed by atoms with E-state index >= 15 is 0 Å². The predicted octanol–water partition coefficient (Wildman–Crippen LogP) is 3.62. The number of hydrogen-bond acceptors (Lipinski definition) is 3. The van der Waals surface area contributed by atoms with Crippen LogP contribution in [0.25, 0.3) is 0 Å². The Morgan fingerprint density at radius 3 is 2.25 bits per heavy atom. The lowest BCUT2D eigenvalue weighted by molar-refractivity contribution is 0.0697. The summed E-state index contributed by atoms with van der Waals surface area (Å²) >= 11 is 1.28. The van der Waals surface area contributed by atoms with E-state index in [0.29, 0.717) is 10.6 Å². The molecule has 0 aromatic carbocycles. The monoisotopic (exact) mass is 298 g/mol. The smallest absolute Gasteiger partial charge is 0.338 e. The number of rotatable bonds is 3. The number of carbonyl (C=O) groups excluding carboxylic acids is 1. The molecule has 20 heavy (non-hydrogen) atoms. The van der Waals surface area contributed by atoms with Gasteiger partial charge in [0.25, 0.3) is 0 Å². The summed E-state index contributed by atoms with van der Waals surface area (Å²) in [5.41, 5.74) is 0.807. The van der Waals surface area contributed by atoms with E-state index in [1.165, 1.54) is 11.3 Å². The number of nitrogens with one attached hydrogen (secondary N) is 2. The molecule has 112 valence electrons. The maximum atomic E-state index is 12.0. The van der Waals surface area contributed by atoms with Crippen LogP contribution < -0.4 is 10.6 Å². The zero-order chi connectivity index (χ0) is 15.7. The van der Waals surface area contributed by atoms with Gasteiger partial charge in [-0.1, -0.05) is 20.8 Å². The molecule has 1 rings (SSSR count). The molecule has 1 aromatic rings. The Kier molecular flexibility index (Phi) is 4.81. The van der Waals surface area contributed by atoms with Crippen LogP contribution in [0.2, 0.25) is 0 Å². The number of hydrogen-bond donors (Lipinski definition) is 3. The second-order valence-corrected chi connectivity index (χ2v) is 7.20. The molecule has 0 aliphatic rings. The van der Waals surface area contributed by atoms with E-state index in [9.17, 15) is 14.7 Å². The number of carboxylic acids is 1. The fraction of sp³-hybridized carbons (Fsp3) is 0.571. The third-order valence-corrected chi connectivity index (χ3v) is 4.60. The zero-order valence-electron chi connectivity index (χ0n) is 12.7. The van der Waals surface area contributed by atoms with Crippen molar-refractivity contribution in [3.05, 3.63) is 16.0 Å². The lowest BCUT2D eigenvalue weighted by Crippen LogP contribution is -2.43. The van der Waals surface area contributed by atoms with E-state index in [0.717, 1.165) is 4.88 Å². The molecule has 5 nitrogen and oxygen atoms in total. The second-order valence-electron chi connectivity index (χ2n) is 5.98. The minimum absolute atomic E-state index is 0.0297. The summed E-state index contributed by atoms with van der Waals surface area (Å²) in [6.45, 7) is 11.6. The van der Waals surface area contributed by atoms with Gasteiger partial charge in [-0.15, -0.1) is 11.3 Å². The first-order valence-electron chi connectivity index (χ1n) is 6.44. The maximum Gasteiger partial charge on any atom is 0.338 e. The molecule has 0 radical (unpaired) electrons. The van der Waals surface area contributed by atoms with Crippen molar-refractivity contribution in [2.75, 3.05) is 5.32 Å². The van der Waals surface area contributed by atoms with Crippen LogP contribution >= 0.6 is 11.3 Å². The number of anilines is 1. The molecule has 0 aliphatic heterocycles. The highest BCUT2D eigenvalue weighted by Crippen LogP contribution is 2.32. The molecular weight excluding hydrogens is 276 g/mol. The molecule has 0 aliphatic carbocycles. The van der Waals surface area contributed by atoms with Crippen molar-refractivity contribution < 1.29 is 14.7 Å². The van der Waals surface area contributed by atoms with Crippen molar-refractivity contribution in [3.8, 4) is 0 Å². The molecule has 0 spiro atoms. The Morgan fingerprint density at radius 2 is 1.80 bits per heavy atom. The Balaban J connectivity index is 2.87. The molecule has 0 saturated carbocycles. The third-order valence-electron chi connectivity index (χ3n) is 3.47. The van der Waals surface area contributed by atoms with Crippen LogP contribution in [0.4, 0.5) is 9.80 Å². The van der Waals surface area contributed by atoms with E-state index in [-0.39, 0.29) is 23.1 Å². The SMILES string of the molecule is Cc1sc(NC(=O)NC(C)C(C)(C)C)c(C(=O)O)c1C. The van der Waals surface area contributed by atoms with Crippen molar-refractivity contribution in [1.29, 1.82) is 0 Å². The molecule has 1 atom stereocenters. The van der Waals surface area contributed by atoms with E-state index in [1.807, 2.05) is 34.6 Å². The number of aromatic carboxylic acids is 1. The summed E-state index contributed by atoms with van der Waals surface area (Å²) in [5.74, 6) is -1.02. The van der Waals surface area contributed by atoms with E-state index < -0.39 is 5.97 Å². The van der Waals surface area contributed by atoms with E-state index in [1.54, 1.807) is 6.92 Å². The van der Waals surface area contributed by atoms with Gasteiger partial charge in [0.2, 0.25) is 0 Å². The minimum Gasteiger partial charge on any atom is -0.478 e. The third kappa shape index (κ3) is 3.72. The van der Waals surface area contributed by atoms with Crippen molar-refractivity contribution in [2.45, 2.75) is 47.6 Å². The summed E-state index contributed by atoms with van der Waals surface area (Å²) in [6, 6.07) is -0.408. The number of carbonyl (C=O) groups is 2. The van der Waals surface area contributed by atoms with Crippen molar-refractivity contribution in [2.24, 2.45) is 5.41 Å². The first-order valence-corrected chi connectivity index (χ1v) is 7.26. The topological polar surface area (TPSA) is 78.4 Å². The van der Waals surface area contributed by atoms with Gasteiger partial charge >= 0.3 is 12.0 Å². The molecule has 3 N–H and O–H groups in total. The molecule has 0 saturated heterocycles. The molecule has 2 amide bonds. The molecule has 1 unspecified atom stereocenters. The fourth-order valence-corrected chi connectivity index (χ4v) is 2.57. The van der Waals surface area contributed by atoms with Crippen molar-refractivity contribution in [1.82, 2.24) is 5.32 Å².